The van der Waals surface area contributed by atoms with Gasteiger partial charge in [-0.05, 0) is 26.0 Å². The maximum atomic E-state index is 5.63. The Hall–Kier alpha value is -2.13. The molecule has 0 bridgehead atoms. The number of aromatic nitrogens is 4. The average molecular weight is 406 g/mol. The molecule has 1 aromatic carbocycles. The molecule has 27 heavy (non-hydrogen) atoms. The average Bonchev–Trinajstić information content (AvgIpc) is 3.26. The van der Waals surface area contributed by atoms with E-state index in [2.05, 4.69) is 46.4 Å². The fourth-order valence-corrected chi connectivity index (χ4v) is 4.12. The van der Waals surface area contributed by atoms with Gasteiger partial charge in [0.05, 0.1) is 17.5 Å². The van der Waals surface area contributed by atoms with Gasteiger partial charge in [-0.1, -0.05) is 61.2 Å². The van der Waals surface area contributed by atoms with E-state index in [1.165, 1.54) is 11.3 Å². The van der Waals surface area contributed by atoms with Crippen LogP contribution in [-0.4, -0.2) is 26.9 Å². The topological polar surface area (TPSA) is 86.0 Å². The van der Waals surface area contributed by atoms with E-state index in [4.69, 9.17) is 9.26 Å². The van der Waals surface area contributed by atoms with Crippen molar-refractivity contribution in [1.29, 1.82) is 0 Å². The lowest BCUT2D eigenvalue weighted by atomic mass is 9.96. The molecule has 0 spiro atoms. The standard InChI is InChI=1S/C18H23N5O2S2/c1-6-24-13-10-8-7-9-12(13)19-16-21-22-17(27-16)26-11(2)14-20-15(23-25-14)18(3,4)5/h7-11H,6H2,1-5H3,(H,19,21)/t11-/m0/s1. The first kappa shape index (κ1) is 19.6. The second-order valence-corrected chi connectivity index (χ2v) is 9.46. The molecule has 7 nitrogen and oxygen atoms in total. The Morgan fingerprint density at radius 2 is 2.04 bits per heavy atom. The summed E-state index contributed by atoms with van der Waals surface area (Å²) in [6, 6.07) is 7.77. The van der Waals surface area contributed by atoms with Crippen LogP contribution in [0.5, 0.6) is 5.75 Å². The molecule has 2 heterocycles. The number of nitrogens with zero attached hydrogens (tertiary/aromatic N) is 4. The Labute approximate surface area is 166 Å². The third kappa shape index (κ3) is 4.98. The van der Waals surface area contributed by atoms with Gasteiger partial charge in [0, 0.05) is 5.41 Å². The Kier molecular flexibility index (Phi) is 6.01. The van der Waals surface area contributed by atoms with Crippen molar-refractivity contribution in [3.05, 3.63) is 36.0 Å². The van der Waals surface area contributed by atoms with E-state index in [1.807, 2.05) is 38.1 Å². The highest BCUT2D eigenvalue weighted by atomic mass is 32.2. The number of para-hydroxylation sites is 2. The van der Waals surface area contributed by atoms with Crippen molar-refractivity contribution in [2.24, 2.45) is 0 Å². The molecular weight excluding hydrogens is 382 g/mol. The molecule has 1 atom stereocenters. The first-order valence-electron chi connectivity index (χ1n) is 8.70. The number of ether oxygens (including phenoxy) is 1. The van der Waals surface area contributed by atoms with Crippen LogP contribution < -0.4 is 10.1 Å². The maximum absolute atomic E-state index is 5.63. The molecule has 0 aliphatic rings. The summed E-state index contributed by atoms with van der Waals surface area (Å²) >= 11 is 3.02. The summed E-state index contributed by atoms with van der Waals surface area (Å²) in [5.41, 5.74) is 0.728. The Balaban J connectivity index is 1.67. The van der Waals surface area contributed by atoms with Crippen molar-refractivity contribution in [3.8, 4) is 5.75 Å². The summed E-state index contributed by atoms with van der Waals surface area (Å²) in [4.78, 5) is 4.51. The monoisotopic (exact) mass is 405 g/mol. The van der Waals surface area contributed by atoms with Gasteiger partial charge in [0.15, 0.2) is 10.2 Å². The summed E-state index contributed by atoms with van der Waals surface area (Å²) in [6.07, 6.45) is 0. The van der Waals surface area contributed by atoms with Gasteiger partial charge in [-0.15, -0.1) is 10.2 Å². The van der Waals surface area contributed by atoms with Crippen molar-refractivity contribution in [3.63, 3.8) is 0 Å². The van der Waals surface area contributed by atoms with Crippen LogP contribution in [-0.2, 0) is 5.41 Å². The van der Waals surface area contributed by atoms with Gasteiger partial charge < -0.3 is 14.6 Å². The van der Waals surface area contributed by atoms with Gasteiger partial charge in [-0.25, -0.2) is 0 Å². The van der Waals surface area contributed by atoms with Crippen LogP contribution in [0.2, 0.25) is 0 Å². The van der Waals surface area contributed by atoms with E-state index in [1.54, 1.807) is 11.8 Å². The number of hydrogen-bond donors (Lipinski definition) is 1. The molecule has 0 saturated carbocycles. The predicted molar refractivity (Wildman–Crippen MR) is 108 cm³/mol. The quantitative estimate of drug-likeness (QED) is 0.536. The highest BCUT2D eigenvalue weighted by molar-refractivity contribution is 8.01. The zero-order valence-electron chi connectivity index (χ0n) is 16.0. The third-order valence-electron chi connectivity index (χ3n) is 3.57. The van der Waals surface area contributed by atoms with E-state index >= 15 is 0 Å². The van der Waals surface area contributed by atoms with Crippen molar-refractivity contribution in [1.82, 2.24) is 20.3 Å². The van der Waals surface area contributed by atoms with E-state index in [0.29, 0.717) is 23.5 Å². The number of anilines is 2. The molecule has 3 aromatic rings. The molecule has 2 aromatic heterocycles. The zero-order valence-corrected chi connectivity index (χ0v) is 17.6. The fourth-order valence-electron chi connectivity index (χ4n) is 2.18. The van der Waals surface area contributed by atoms with E-state index in [9.17, 15) is 0 Å². The summed E-state index contributed by atoms with van der Waals surface area (Å²) < 4.78 is 11.9. The second-order valence-electron chi connectivity index (χ2n) is 6.89. The number of rotatable bonds is 7. The highest BCUT2D eigenvalue weighted by Gasteiger charge is 2.24. The minimum Gasteiger partial charge on any atom is -0.492 e. The van der Waals surface area contributed by atoms with Crippen LogP contribution in [0.1, 0.15) is 51.6 Å². The van der Waals surface area contributed by atoms with Crippen molar-refractivity contribution in [2.75, 3.05) is 11.9 Å². The van der Waals surface area contributed by atoms with Gasteiger partial charge in [-0.3, -0.25) is 0 Å². The smallest absolute Gasteiger partial charge is 0.239 e. The van der Waals surface area contributed by atoms with Crippen LogP contribution in [0.15, 0.2) is 33.1 Å². The van der Waals surface area contributed by atoms with E-state index in [-0.39, 0.29) is 10.7 Å². The highest BCUT2D eigenvalue weighted by Crippen LogP contribution is 2.38. The normalized spacial score (nSPS) is 12.8. The minimum atomic E-state index is -0.139. The molecular formula is C18H23N5O2S2. The van der Waals surface area contributed by atoms with Gasteiger partial charge >= 0.3 is 0 Å². The van der Waals surface area contributed by atoms with Crippen LogP contribution in [0, 0.1) is 0 Å². The Morgan fingerprint density at radius 1 is 1.26 bits per heavy atom. The Morgan fingerprint density at radius 3 is 2.74 bits per heavy atom. The molecule has 0 saturated heterocycles. The molecule has 1 N–H and O–H groups in total. The van der Waals surface area contributed by atoms with Gasteiger partial charge in [-0.2, -0.15) is 4.98 Å². The largest absolute Gasteiger partial charge is 0.492 e. The minimum absolute atomic E-state index is 0.00916. The van der Waals surface area contributed by atoms with Crippen LogP contribution in [0.4, 0.5) is 10.8 Å². The molecule has 0 radical (unpaired) electrons. The fraction of sp³-hybridized carbons (Fsp3) is 0.444. The van der Waals surface area contributed by atoms with Crippen molar-refractivity contribution in [2.45, 2.75) is 49.6 Å². The molecule has 144 valence electrons. The number of nitrogens with one attached hydrogen (secondary N) is 1. The molecule has 0 fully saturated rings. The van der Waals surface area contributed by atoms with Gasteiger partial charge in [0.25, 0.3) is 0 Å². The van der Waals surface area contributed by atoms with Crippen LogP contribution in [0.3, 0.4) is 0 Å². The third-order valence-corrected chi connectivity index (χ3v) is 5.58. The van der Waals surface area contributed by atoms with Crippen molar-refractivity contribution >= 4 is 33.9 Å². The molecule has 0 aliphatic carbocycles. The van der Waals surface area contributed by atoms with Gasteiger partial charge in [0.1, 0.15) is 5.75 Å². The number of hydrogen-bond acceptors (Lipinski definition) is 9. The first-order valence-corrected chi connectivity index (χ1v) is 10.4. The molecule has 0 amide bonds. The lowest BCUT2D eigenvalue weighted by molar-refractivity contribution is 0.342. The maximum Gasteiger partial charge on any atom is 0.239 e. The number of thioether (sulfide) groups is 1. The summed E-state index contributed by atoms with van der Waals surface area (Å²) in [7, 11) is 0. The van der Waals surface area contributed by atoms with Gasteiger partial charge in [0.2, 0.25) is 11.0 Å². The number of benzene rings is 1. The lowest BCUT2D eigenvalue weighted by Gasteiger charge is -2.11. The van der Waals surface area contributed by atoms with Crippen molar-refractivity contribution < 1.29 is 9.26 Å². The second kappa shape index (κ2) is 8.26. The van der Waals surface area contributed by atoms with E-state index < -0.39 is 0 Å². The predicted octanol–water partition coefficient (Wildman–Crippen LogP) is 5.21. The summed E-state index contributed by atoms with van der Waals surface area (Å²) in [5.74, 6) is 2.09. The first-order chi connectivity index (χ1) is 12.9. The zero-order chi connectivity index (χ0) is 19.4. The summed E-state index contributed by atoms with van der Waals surface area (Å²) in [5, 5.41) is 16.5. The molecule has 3 rings (SSSR count). The SMILES string of the molecule is CCOc1ccccc1Nc1nnc(S[C@@H](C)c2nc(C(C)(C)C)no2)s1. The molecule has 0 aliphatic heterocycles. The van der Waals surface area contributed by atoms with Crippen LogP contribution in [0.25, 0.3) is 0 Å². The Bertz CT molecular complexity index is 888. The lowest BCUT2D eigenvalue weighted by Crippen LogP contribution is -2.13. The van der Waals surface area contributed by atoms with E-state index in [0.717, 1.165) is 15.8 Å². The molecule has 9 heteroatoms. The molecule has 0 unspecified atom stereocenters. The summed E-state index contributed by atoms with van der Waals surface area (Å²) in [6.45, 7) is 10.8. The van der Waals surface area contributed by atoms with Crippen LogP contribution >= 0.6 is 23.1 Å².